The lowest BCUT2D eigenvalue weighted by Gasteiger charge is -2.41. The van der Waals surface area contributed by atoms with Gasteiger partial charge in [-0.3, -0.25) is 14.7 Å². The van der Waals surface area contributed by atoms with Crippen LogP contribution in [0, 0.1) is 0 Å². The molecule has 1 amide bonds. The summed E-state index contributed by atoms with van der Waals surface area (Å²) < 4.78 is 0. The first-order valence-electron chi connectivity index (χ1n) is 10.0. The fourth-order valence-corrected chi connectivity index (χ4v) is 3.35. The second-order valence-electron chi connectivity index (χ2n) is 7.70. The number of nitrogens with zero attached hydrogens (tertiary/aromatic N) is 2. The Morgan fingerprint density at radius 1 is 1.07 bits per heavy atom. The number of carbonyl (C=O) groups excluding carboxylic acids is 1. The summed E-state index contributed by atoms with van der Waals surface area (Å²) in [5.41, 5.74) is 1.90. The van der Waals surface area contributed by atoms with E-state index in [1.54, 1.807) is 7.05 Å². The third kappa shape index (κ3) is 6.54. The number of amides is 1. The number of hydrogen-bond acceptors (Lipinski definition) is 3. The van der Waals surface area contributed by atoms with Gasteiger partial charge in [-0.05, 0) is 64.4 Å². The summed E-state index contributed by atoms with van der Waals surface area (Å²) in [5.74, 6) is 0.766. The van der Waals surface area contributed by atoms with Crippen LogP contribution in [0.1, 0.15) is 56.0 Å². The minimum absolute atomic E-state index is 0.0329. The first-order chi connectivity index (χ1) is 13.0. The molecule has 0 unspecified atom stereocenters. The van der Waals surface area contributed by atoms with E-state index in [0.29, 0.717) is 18.7 Å². The summed E-state index contributed by atoms with van der Waals surface area (Å²) in [7, 11) is 1.79. The highest BCUT2D eigenvalue weighted by Crippen LogP contribution is 2.19. The minimum atomic E-state index is -0.0329. The van der Waals surface area contributed by atoms with Crippen LogP contribution in [0.25, 0.3) is 0 Å². The van der Waals surface area contributed by atoms with Gasteiger partial charge in [0.1, 0.15) is 0 Å². The van der Waals surface area contributed by atoms with Crippen LogP contribution < -0.4 is 16.0 Å². The smallest absolute Gasteiger partial charge is 0.251 e. The van der Waals surface area contributed by atoms with Gasteiger partial charge < -0.3 is 16.0 Å². The fraction of sp³-hybridized carbons (Fsp3) is 0.619. The van der Waals surface area contributed by atoms with Gasteiger partial charge in [-0.15, -0.1) is 0 Å². The van der Waals surface area contributed by atoms with Crippen molar-refractivity contribution in [1.29, 1.82) is 0 Å². The van der Waals surface area contributed by atoms with Gasteiger partial charge in [-0.1, -0.05) is 18.6 Å². The fourth-order valence-electron chi connectivity index (χ4n) is 3.35. The third-order valence-corrected chi connectivity index (χ3v) is 5.14. The highest BCUT2D eigenvalue weighted by molar-refractivity contribution is 5.94. The van der Waals surface area contributed by atoms with E-state index in [1.807, 2.05) is 31.2 Å². The zero-order valence-electron chi connectivity index (χ0n) is 17.3. The molecule has 0 atom stereocenters. The number of rotatable bonds is 7. The Morgan fingerprint density at radius 3 is 2.33 bits per heavy atom. The number of guanidine groups is 1. The number of piperidine rings is 1. The summed E-state index contributed by atoms with van der Waals surface area (Å²) in [6, 6.07) is 7.67. The molecule has 1 aromatic rings. The van der Waals surface area contributed by atoms with Crippen molar-refractivity contribution in [2.24, 2.45) is 4.99 Å². The minimum Gasteiger partial charge on any atom is -0.355 e. The van der Waals surface area contributed by atoms with Gasteiger partial charge in [0, 0.05) is 37.8 Å². The molecule has 1 aliphatic rings. The van der Waals surface area contributed by atoms with E-state index in [2.05, 4.69) is 39.7 Å². The monoisotopic (exact) mass is 373 g/mol. The van der Waals surface area contributed by atoms with E-state index in [4.69, 9.17) is 0 Å². The SMILES string of the molecule is CCNC(=O)c1ccc(CNC(=NC)NCC(C)(C)N2CCCCC2)cc1. The first kappa shape index (κ1) is 21.2. The van der Waals surface area contributed by atoms with Crippen LogP contribution in [0.4, 0.5) is 0 Å². The summed E-state index contributed by atoms with van der Waals surface area (Å²) in [6.07, 6.45) is 3.94. The van der Waals surface area contributed by atoms with E-state index in [9.17, 15) is 4.79 Å². The number of benzene rings is 1. The number of hydrogen-bond donors (Lipinski definition) is 3. The second kappa shape index (κ2) is 10.3. The maximum absolute atomic E-state index is 11.8. The first-order valence-corrected chi connectivity index (χ1v) is 10.0. The normalized spacial score (nSPS) is 16.1. The molecule has 3 N–H and O–H groups in total. The van der Waals surface area contributed by atoms with Crippen molar-refractivity contribution in [3.63, 3.8) is 0 Å². The third-order valence-electron chi connectivity index (χ3n) is 5.14. The zero-order valence-corrected chi connectivity index (χ0v) is 17.3. The molecule has 150 valence electrons. The Morgan fingerprint density at radius 2 is 1.74 bits per heavy atom. The van der Waals surface area contributed by atoms with Gasteiger partial charge in [0.15, 0.2) is 5.96 Å². The lowest BCUT2D eigenvalue weighted by molar-refractivity contribution is 0.0955. The number of carbonyl (C=O) groups is 1. The van der Waals surface area contributed by atoms with Gasteiger partial charge >= 0.3 is 0 Å². The maximum Gasteiger partial charge on any atom is 0.251 e. The van der Waals surface area contributed by atoms with Gasteiger partial charge in [-0.2, -0.15) is 0 Å². The Balaban J connectivity index is 1.82. The van der Waals surface area contributed by atoms with Crippen LogP contribution >= 0.6 is 0 Å². The number of likely N-dealkylation sites (tertiary alicyclic amines) is 1. The molecule has 1 fully saturated rings. The molecule has 0 aliphatic carbocycles. The molecule has 6 heteroatoms. The summed E-state index contributed by atoms with van der Waals surface area (Å²) in [4.78, 5) is 18.7. The number of nitrogens with one attached hydrogen (secondary N) is 3. The van der Waals surface area contributed by atoms with E-state index < -0.39 is 0 Å². The number of aliphatic imine (C=N–C) groups is 1. The van der Waals surface area contributed by atoms with Crippen LogP contribution in [0.2, 0.25) is 0 Å². The van der Waals surface area contributed by atoms with Crippen molar-refractivity contribution in [3.8, 4) is 0 Å². The van der Waals surface area contributed by atoms with Crippen LogP contribution in [0.15, 0.2) is 29.3 Å². The average molecular weight is 374 g/mol. The van der Waals surface area contributed by atoms with E-state index >= 15 is 0 Å². The Labute approximate surface area is 163 Å². The lowest BCUT2D eigenvalue weighted by atomic mass is 9.98. The molecular formula is C21H35N5O. The zero-order chi connectivity index (χ0) is 19.7. The molecule has 0 spiro atoms. The summed E-state index contributed by atoms with van der Waals surface area (Å²) in [5, 5.41) is 9.62. The van der Waals surface area contributed by atoms with Crippen molar-refractivity contribution in [3.05, 3.63) is 35.4 Å². The van der Waals surface area contributed by atoms with Crippen molar-refractivity contribution < 1.29 is 4.79 Å². The van der Waals surface area contributed by atoms with Crippen LogP contribution in [0.3, 0.4) is 0 Å². The molecule has 27 heavy (non-hydrogen) atoms. The lowest BCUT2D eigenvalue weighted by Crippen LogP contribution is -2.54. The molecule has 0 radical (unpaired) electrons. The predicted octanol–water partition coefficient (Wildman–Crippen LogP) is 2.37. The molecule has 1 saturated heterocycles. The largest absolute Gasteiger partial charge is 0.355 e. The Bertz CT molecular complexity index is 618. The van der Waals surface area contributed by atoms with Crippen LogP contribution in [0.5, 0.6) is 0 Å². The molecule has 0 aromatic heterocycles. The summed E-state index contributed by atoms with van der Waals surface area (Å²) >= 11 is 0. The van der Waals surface area contributed by atoms with Crippen molar-refractivity contribution in [2.45, 2.75) is 52.1 Å². The van der Waals surface area contributed by atoms with E-state index in [0.717, 1.165) is 18.1 Å². The van der Waals surface area contributed by atoms with Gasteiger partial charge in [0.25, 0.3) is 5.91 Å². The maximum atomic E-state index is 11.8. The van der Waals surface area contributed by atoms with Crippen molar-refractivity contribution >= 4 is 11.9 Å². The molecule has 6 nitrogen and oxygen atoms in total. The topological polar surface area (TPSA) is 68.8 Å². The van der Waals surface area contributed by atoms with E-state index in [1.165, 1.54) is 32.4 Å². The highest BCUT2D eigenvalue weighted by atomic mass is 16.1. The average Bonchev–Trinajstić information content (AvgIpc) is 2.69. The molecular weight excluding hydrogens is 338 g/mol. The van der Waals surface area contributed by atoms with E-state index in [-0.39, 0.29) is 11.4 Å². The quantitative estimate of drug-likeness (QED) is 0.507. The molecule has 1 aliphatic heterocycles. The molecule has 2 rings (SSSR count). The summed E-state index contributed by atoms with van der Waals surface area (Å²) in [6.45, 7) is 11.0. The molecule has 0 saturated carbocycles. The predicted molar refractivity (Wildman–Crippen MR) is 112 cm³/mol. The Kier molecular flexibility index (Phi) is 8.10. The van der Waals surface area contributed by atoms with Crippen molar-refractivity contribution in [2.75, 3.05) is 33.2 Å². The van der Waals surface area contributed by atoms with Crippen LogP contribution in [-0.2, 0) is 6.54 Å². The molecule has 1 aromatic carbocycles. The molecule has 0 bridgehead atoms. The van der Waals surface area contributed by atoms with Gasteiger partial charge in [0.2, 0.25) is 0 Å². The Hall–Kier alpha value is -2.08. The molecule has 1 heterocycles. The standard InChI is InChI=1S/C21H35N5O/c1-5-23-19(27)18-11-9-17(10-12-18)15-24-20(22-4)25-16-21(2,3)26-13-7-6-8-14-26/h9-12H,5-8,13-16H2,1-4H3,(H,23,27)(H2,22,24,25). The van der Waals surface area contributed by atoms with Crippen LogP contribution in [-0.4, -0.2) is 55.5 Å². The van der Waals surface area contributed by atoms with Gasteiger partial charge in [0.05, 0.1) is 0 Å². The highest BCUT2D eigenvalue weighted by Gasteiger charge is 2.27. The van der Waals surface area contributed by atoms with Gasteiger partial charge in [-0.25, -0.2) is 0 Å². The second-order valence-corrected chi connectivity index (χ2v) is 7.70. The van der Waals surface area contributed by atoms with Crippen molar-refractivity contribution in [1.82, 2.24) is 20.9 Å².